The van der Waals surface area contributed by atoms with Crippen LogP contribution in [0, 0.1) is 5.41 Å². The maximum Gasteiger partial charge on any atom is 0.222 e. The lowest BCUT2D eigenvalue weighted by Gasteiger charge is -2.10. The Labute approximate surface area is 55.9 Å². The van der Waals surface area contributed by atoms with Crippen LogP contribution in [0.15, 0.2) is 0 Å². The third-order valence-corrected chi connectivity index (χ3v) is 0.739. The molecule has 50 valence electrons. The molecule has 0 radical (unpaired) electrons. The van der Waals surface area contributed by atoms with Crippen LogP contribution < -0.4 is 5.73 Å². The minimum atomic E-state index is -0.361. The summed E-state index contributed by atoms with van der Waals surface area (Å²) in [7, 11) is 0. The average Bonchev–Trinajstić information content (AvgIpc) is 1.31. The van der Waals surface area contributed by atoms with Crippen LogP contribution in [0.25, 0.3) is 0 Å². The topological polar surface area (TPSA) is 43.1 Å². The summed E-state index contributed by atoms with van der Waals surface area (Å²) in [6.07, 6.45) is 0. The van der Waals surface area contributed by atoms with E-state index in [-0.39, 0.29) is 23.7 Å². The Morgan fingerprint density at radius 1 is 1.38 bits per heavy atom. The zero-order chi connectivity index (χ0) is 6.08. The van der Waals surface area contributed by atoms with E-state index in [0.717, 1.165) is 0 Å². The third-order valence-electron chi connectivity index (χ3n) is 0.739. The fourth-order valence-electron chi connectivity index (χ4n) is 0. The first-order chi connectivity index (χ1) is 2.94. The Bertz CT molecular complexity index is 84.9. The number of hydrogen-bond donors (Lipinski definition) is 1. The van der Waals surface area contributed by atoms with Gasteiger partial charge in [0.2, 0.25) is 5.91 Å². The fraction of sp³-hybridized carbons (Fsp3) is 0.800. The van der Waals surface area contributed by atoms with Crippen LogP contribution in [-0.2, 0) is 4.79 Å². The molecular weight excluding hydrogens is 126 g/mol. The smallest absolute Gasteiger partial charge is 0.222 e. The van der Waals surface area contributed by atoms with Crippen LogP contribution >= 0.6 is 12.4 Å². The molecule has 0 fully saturated rings. The normalized spacial score (nSPS) is 9.88. The maximum absolute atomic E-state index is 10.2. The molecule has 0 bridgehead atoms. The van der Waals surface area contributed by atoms with Crippen molar-refractivity contribution in [3.63, 3.8) is 0 Å². The zero-order valence-corrected chi connectivity index (χ0v) is 6.21. The first-order valence-electron chi connectivity index (χ1n) is 2.24. The van der Waals surface area contributed by atoms with Gasteiger partial charge in [-0.15, -0.1) is 12.4 Å². The Kier molecular flexibility index (Phi) is 3.90. The van der Waals surface area contributed by atoms with Gasteiger partial charge in [-0.1, -0.05) is 20.8 Å². The van der Waals surface area contributed by atoms with Gasteiger partial charge in [-0.05, 0) is 0 Å². The predicted molar refractivity (Wildman–Crippen MR) is 35.9 cm³/mol. The molecule has 0 aromatic carbocycles. The second-order valence-electron chi connectivity index (χ2n) is 2.61. The van der Waals surface area contributed by atoms with E-state index in [1.807, 2.05) is 0 Å². The van der Waals surface area contributed by atoms with E-state index in [9.17, 15) is 4.79 Å². The molecule has 0 rings (SSSR count). The minimum absolute atomic E-state index is 0. The van der Waals surface area contributed by atoms with Crippen LogP contribution in [0.5, 0.6) is 0 Å². The van der Waals surface area contributed by atoms with Crippen molar-refractivity contribution in [1.82, 2.24) is 0 Å². The van der Waals surface area contributed by atoms with Crippen LogP contribution in [0.1, 0.15) is 20.8 Å². The van der Waals surface area contributed by atoms with E-state index < -0.39 is 0 Å². The van der Waals surface area contributed by atoms with Crippen molar-refractivity contribution < 1.29 is 4.79 Å². The maximum atomic E-state index is 10.2. The first kappa shape index (κ1) is 10.7. The van der Waals surface area contributed by atoms with Gasteiger partial charge in [-0.3, -0.25) is 4.79 Å². The molecule has 0 unspecified atom stereocenters. The third kappa shape index (κ3) is 3.93. The second kappa shape index (κ2) is 2.92. The first-order valence-corrected chi connectivity index (χ1v) is 2.24. The van der Waals surface area contributed by atoms with Crippen LogP contribution in [-0.4, -0.2) is 5.91 Å². The summed E-state index contributed by atoms with van der Waals surface area (Å²) in [5, 5.41) is 0. The highest BCUT2D eigenvalue weighted by atomic mass is 35.5. The van der Waals surface area contributed by atoms with Crippen LogP contribution in [0.3, 0.4) is 0 Å². The highest BCUT2D eigenvalue weighted by Gasteiger charge is 2.16. The summed E-state index contributed by atoms with van der Waals surface area (Å²) in [5.74, 6) is -0.257. The monoisotopic (exact) mass is 137 g/mol. The van der Waals surface area contributed by atoms with E-state index in [4.69, 9.17) is 5.73 Å². The average molecular weight is 138 g/mol. The standard InChI is InChI=1S/C5H11NO.ClH/c1-5(2,3)4(6)7;/h1-3H3,(H2,6,7);1H. The van der Waals surface area contributed by atoms with E-state index in [1.54, 1.807) is 20.8 Å². The molecule has 0 spiro atoms. The van der Waals surface area contributed by atoms with Crippen molar-refractivity contribution in [2.24, 2.45) is 11.1 Å². The van der Waals surface area contributed by atoms with Gasteiger partial charge in [0.25, 0.3) is 0 Å². The predicted octanol–water partition coefficient (Wildman–Crippen LogP) is 0.940. The quantitative estimate of drug-likeness (QED) is 0.531. The van der Waals surface area contributed by atoms with Crippen molar-refractivity contribution in [2.45, 2.75) is 20.8 Å². The lowest BCUT2D eigenvalue weighted by atomic mass is 9.96. The van der Waals surface area contributed by atoms with Crippen molar-refractivity contribution in [3.8, 4) is 0 Å². The molecule has 0 saturated carbocycles. The molecule has 0 aliphatic heterocycles. The summed E-state index contributed by atoms with van der Waals surface area (Å²) < 4.78 is 0. The van der Waals surface area contributed by atoms with Crippen molar-refractivity contribution in [3.05, 3.63) is 0 Å². The van der Waals surface area contributed by atoms with Crippen LogP contribution in [0.2, 0.25) is 0 Å². The molecule has 0 heterocycles. The molecule has 1 amide bonds. The Hall–Kier alpha value is -0.240. The number of amides is 1. The zero-order valence-electron chi connectivity index (χ0n) is 5.39. The number of halogens is 1. The fourth-order valence-corrected chi connectivity index (χ4v) is 0. The van der Waals surface area contributed by atoms with E-state index in [2.05, 4.69) is 0 Å². The highest BCUT2D eigenvalue weighted by molar-refractivity contribution is 5.85. The highest BCUT2D eigenvalue weighted by Crippen LogP contribution is 2.09. The van der Waals surface area contributed by atoms with Gasteiger partial charge >= 0.3 is 0 Å². The molecule has 3 heteroatoms. The lowest BCUT2D eigenvalue weighted by Crippen LogP contribution is -2.27. The lowest BCUT2D eigenvalue weighted by molar-refractivity contribution is -0.125. The van der Waals surface area contributed by atoms with Crippen molar-refractivity contribution in [1.29, 1.82) is 0 Å². The number of nitrogens with two attached hydrogens (primary N) is 1. The van der Waals surface area contributed by atoms with Gasteiger partial charge in [0.05, 0.1) is 0 Å². The largest absolute Gasteiger partial charge is 0.369 e. The van der Waals surface area contributed by atoms with Gasteiger partial charge < -0.3 is 5.73 Å². The molecule has 0 atom stereocenters. The van der Waals surface area contributed by atoms with Gasteiger partial charge in [0.1, 0.15) is 0 Å². The molecule has 0 saturated heterocycles. The molecule has 2 N–H and O–H groups in total. The van der Waals surface area contributed by atoms with Gasteiger partial charge in [0, 0.05) is 5.41 Å². The SMILES string of the molecule is CC(C)(C)C(N)=O.Cl. The Balaban J connectivity index is 0. The van der Waals surface area contributed by atoms with E-state index >= 15 is 0 Å². The molecule has 0 aromatic rings. The number of rotatable bonds is 0. The van der Waals surface area contributed by atoms with Gasteiger partial charge in [-0.25, -0.2) is 0 Å². The summed E-state index contributed by atoms with van der Waals surface area (Å²) >= 11 is 0. The van der Waals surface area contributed by atoms with Gasteiger partial charge in [0.15, 0.2) is 0 Å². The summed E-state index contributed by atoms with van der Waals surface area (Å²) in [6.45, 7) is 5.36. The number of carbonyl (C=O) groups is 1. The van der Waals surface area contributed by atoms with Gasteiger partial charge in [-0.2, -0.15) is 0 Å². The van der Waals surface area contributed by atoms with Crippen molar-refractivity contribution >= 4 is 18.3 Å². The summed E-state index contributed by atoms with van der Waals surface area (Å²) in [5.41, 5.74) is 4.57. The number of hydrogen-bond acceptors (Lipinski definition) is 1. The molecule has 2 nitrogen and oxygen atoms in total. The molecule has 8 heavy (non-hydrogen) atoms. The van der Waals surface area contributed by atoms with E-state index in [0.29, 0.717) is 0 Å². The Morgan fingerprint density at radius 3 is 1.50 bits per heavy atom. The summed E-state index contributed by atoms with van der Waals surface area (Å²) in [4.78, 5) is 10.2. The Morgan fingerprint density at radius 2 is 1.50 bits per heavy atom. The van der Waals surface area contributed by atoms with Crippen molar-refractivity contribution in [2.75, 3.05) is 0 Å². The molecule has 0 aromatic heterocycles. The molecule has 0 aliphatic rings. The number of carbonyl (C=O) groups excluding carboxylic acids is 1. The number of primary amides is 1. The van der Waals surface area contributed by atoms with E-state index in [1.165, 1.54) is 0 Å². The van der Waals surface area contributed by atoms with Crippen LogP contribution in [0.4, 0.5) is 0 Å². The molecule has 0 aliphatic carbocycles. The second-order valence-corrected chi connectivity index (χ2v) is 2.61. The summed E-state index contributed by atoms with van der Waals surface area (Å²) in [6, 6.07) is 0. The minimum Gasteiger partial charge on any atom is -0.369 e. The molecular formula is C5H12ClNO.